The summed E-state index contributed by atoms with van der Waals surface area (Å²) in [5, 5.41) is 0. The van der Waals surface area contributed by atoms with Gasteiger partial charge >= 0.3 is 5.69 Å². The quantitative estimate of drug-likeness (QED) is 0.647. The molecule has 0 saturated carbocycles. The van der Waals surface area contributed by atoms with Gasteiger partial charge in [0.1, 0.15) is 31.0 Å². The Hall–Kier alpha value is -3.69. The highest BCUT2D eigenvalue weighted by Crippen LogP contribution is 2.26. The fourth-order valence-corrected chi connectivity index (χ4v) is 3.25. The zero-order chi connectivity index (χ0) is 22.4. The predicted octanol–water partition coefficient (Wildman–Crippen LogP) is 1.35. The number of unbranched alkanes of at least 4 members (excludes halogenated alkanes) is 1. The van der Waals surface area contributed by atoms with Crippen molar-refractivity contribution >= 4 is 17.4 Å². The summed E-state index contributed by atoms with van der Waals surface area (Å²) in [5.41, 5.74) is 5.35. The van der Waals surface area contributed by atoms with E-state index < -0.39 is 17.2 Å². The molecule has 1 amide bonds. The number of nitrogens with one attached hydrogen (secondary N) is 1. The number of aromatic amines is 1. The molecular formula is C21H26N4O6. The van der Waals surface area contributed by atoms with E-state index in [1.54, 1.807) is 24.3 Å². The number of carbonyl (C=O) groups excluding carboxylic acids is 1. The van der Waals surface area contributed by atoms with Crippen LogP contribution in [-0.4, -0.2) is 35.8 Å². The number of aromatic nitrogens is 2. The van der Waals surface area contributed by atoms with Gasteiger partial charge in [-0.05, 0) is 12.5 Å². The van der Waals surface area contributed by atoms with Crippen molar-refractivity contribution in [3.05, 3.63) is 62.7 Å². The Morgan fingerprint density at radius 1 is 1.29 bits per heavy atom. The van der Waals surface area contributed by atoms with Gasteiger partial charge in [-0.1, -0.05) is 31.5 Å². The molecular weight excluding hydrogens is 404 g/mol. The second-order valence-electron chi connectivity index (χ2n) is 6.90. The van der Waals surface area contributed by atoms with E-state index in [-0.39, 0.29) is 30.4 Å². The summed E-state index contributed by atoms with van der Waals surface area (Å²) < 4.78 is 17.3. The molecule has 1 aliphatic rings. The van der Waals surface area contributed by atoms with Crippen LogP contribution in [0, 0.1) is 0 Å². The number of H-pyrrole nitrogens is 1. The van der Waals surface area contributed by atoms with Crippen molar-refractivity contribution in [3.8, 4) is 5.75 Å². The second-order valence-corrected chi connectivity index (χ2v) is 6.90. The fraction of sp³-hybridized carbons (Fsp3) is 0.381. The van der Waals surface area contributed by atoms with Crippen molar-refractivity contribution in [1.82, 2.24) is 9.55 Å². The Bertz CT molecular complexity index is 1090. The van der Waals surface area contributed by atoms with Crippen LogP contribution in [0.3, 0.4) is 0 Å². The molecule has 0 radical (unpaired) electrons. The van der Waals surface area contributed by atoms with Gasteiger partial charge in [-0.25, -0.2) is 4.79 Å². The molecule has 3 N–H and O–H groups in total. The summed E-state index contributed by atoms with van der Waals surface area (Å²) >= 11 is 0. The minimum atomic E-state index is -0.768. The first-order valence-corrected chi connectivity index (χ1v) is 9.98. The van der Waals surface area contributed by atoms with Crippen molar-refractivity contribution in [3.63, 3.8) is 0 Å². The summed E-state index contributed by atoms with van der Waals surface area (Å²) in [6, 6.07) is 7.09. The molecule has 1 aliphatic heterocycles. The van der Waals surface area contributed by atoms with E-state index in [0.29, 0.717) is 30.9 Å². The smallest absolute Gasteiger partial charge is 0.330 e. The maximum Gasteiger partial charge on any atom is 0.330 e. The fourth-order valence-electron chi connectivity index (χ4n) is 3.25. The second kappa shape index (κ2) is 9.88. The Morgan fingerprint density at radius 2 is 2.06 bits per heavy atom. The lowest BCUT2D eigenvalue weighted by atomic mass is 10.1. The van der Waals surface area contributed by atoms with E-state index in [9.17, 15) is 14.4 Å². The number of nitrogens with zero attached hydrogens (tertiary/aromatic N) is 2. The molecule has 2 aromatic rings. The number of ether oxygens (including phenoxy) is 3. The van der Waals surface area contributed by atoms with Gasteiger partial charge in [0.15, 0.2) is 5.69 Å². The molecule has 166 valence electrons. The lowest BCUT2D eigenvalue weighted by Gasteiger charge is -2.27. The highest BCUT2D eigenvalue weighted by Gasteiger charge is 2.29. The molecule has 2 heterocycles. The van der Waals surface area contributed by atoms with Crippen molar-refractivity contribution in [1.29, 1.82) is 0 Å². The van der Waals surface area contributed by atoms with Crippen LogP contribution in [0.2, 0.25) is 0 Å². The van der Waals surface area contributed by atoms with Crippen LogP contribution in [0.1, 0.15) is 25.3 Å². The highest BCUT2D eigenvalue weighted by atomic mass is 16.6. The number of anilines is 2. The van der Waals surface area contributed by atoms with Crippen molar-refractivity contribution in [2.45, 2.75) is 32.9 Å². The van der Waals surface area contributed by atoms with Crippen molar-refractivity contribution in [2.75, 3.05) is 31.0 Å². The molecule has 10 nitrogen and oxygen atoms in total. The third kappa shape index (κ3) is 4.73. The van der Waals surface area contributed by atoms with E-state index in [0.717, 1.165) is 6.42 Å². The number of rotatable bonds is 8. The SMILES string of the molecule is CCCCn1c(N)c(N(Cc2ccccc2OC)C(=O)C2=COCCO2)c(=O)[nH]c1=O. The monoisotopic (exact) mass is 430 g/mol. The van der Waals surface area contributed by atoms with Gasteiger partial charge in [-0.3, -0.25) is 24.0 Å². The van der Waals surface area contributed by atoms with Crippen LogP contribution >= 0.6 is 0 Å². The first-order chi connectivity index (χ1) is 15.0. The van der Waals surface area contributed by atoms with Gasteiger partial charge < -0.3 is 19.9 Å². The number of hydrogen-bond donors (Lipinski definition) is 2. The molecule has 0 fully saturated rings. The van der Waals surface area contributed by atoms with E-state index in [1.807, 2.05) is 6.92 Å². The third-order valence-electron chi connectivity index (χ3n) is 4.85. The third-order valence-corrected chi connectivity index (χ3v) is 4.85. The predicted molar refractivity (Wildman–Crippen MR) is 115 cm³/mol. The molecule has 0 spiro atoms. The standard InChI is InChI=1S/C21H26N4O6/c1-3-4-9-24-18(22)17(19(26)23-21(24)28)25(20(27)16-13-30-10-11-31-16)12-14-7-5-6-8-15(14)29-2/h5-8,13H,3-4,9-12,22H2,1-2H3,(H,23,26,28). The summed E-state index contributed by atoms with van der Waals surface area (Å²) in [5.74, 6) is -0.248. The number of amides is 1. The largest absolute Gasteiger partial charge is 0.496 e. The first kappa shape index (κ1) is 22.0. The Kier molecular flexibility index (Phi) is 7.01. The highest BCUT2D eigenvalue weighted by molar-refractivity contribution is 6.05. The van der Waals surface area contributed by atoms with Crippen LogP contribution < -0.4 is 26.6 Å². The van der Waals surface area contributed by atoms with Crippen molar-refractivity contribution in [2.24, 2.45) is 0 Å². The lowest BCUT2D eigenvalue weighted by Crippen LogP contribution is -2.42. The van der Waals surface area contributed by atoms with Crippen LogP contribution in [0.15, 0.2) is 45.9 Å². The molecule has 1 aromatic carbocycles. The van der Waals surface area contributed by atoms with E-state index in [2.05, 4.69) is 4.98 Å². The van der Waals surface area contributed by atoms with Crippen LogP contribution in [-0.2, 0) is 27.4 Å². The zero-order valence-electron chi connectivity index (χ0n) is 17.6. The summed E-state index contributed by atoms with van der Waals surface area (Å²) in [4.78, 5) is 41.9. The number of para-hydroxylation sites is 1. The normalized spacial score (nSPS) is 13.0. The number of nitrogens with two attached hydrogens (primary N) is 1. The number of methoxy groups -OCH3 is 1. The maximum absolute atomic E-state index is 13.3. The Labute approximate surface area is 178 Å². The van der Waals surface area contributed by atoms with Gasteiger partial charge in [-0.15, -0.1) is 0 Å². The van der Waals surface area contributed by atoms with E-state index in [1.165, 1.54) is 22.8 Å². The molecule has 0 saturated heterocycles. The number of benzene rings is 1. The molecule has 0 atom stereocenters. The van der Waals surface area contributed by atoms with Crippen molar-refractivity contribution < 1.29 is 19.0 Å². The van der Waals surface area contributed by atoms with Crippen LogP contribution in [0.5, 0.6) is 5.75 Å². The van der Waals surface area contributed by atoms with Gasteiger partial charge in [0.25, 0.3) is 11.5 Å². The molecule has 0 bridgehead atoms. The van der Waals surface area contributed by atoms with Gasteiger partial charge in [0.2, 0.25) is 5.76 Å². The first-order valence-electron chi connectivity index (χ1n) is 9.98. The molecule has 31 heavy (non-hydrogen) atoms. The van der Waals surface area contributed by atoms with Gasteiger partial charge in [0, 0.05) is 12.1 Å². The molecule has 1 aromatic heterocycles. The van der Waals surface area contributed by atoms with Crippen LogP contribution in [0.25, 0.3) is 0 Å². The lowest BCUT2D eigenvalue weighted by molar-refractivity contribution is -0.120. The zero-order valence-corrected chi connectivity index (χ0v) is 17.6. The van der Waals surface area contributed by atoms with E-state index in [4.69, 9.17) is 19.9 Å². The molecule has 3 rings (SSSR count). The summed E-state index contributed by atoms with van der Waals surface area (Å²) in [7, 11) is 1.51. The Balaban J connectivity index is 2.14. The Morgan fingerprint density at radius 3 is 2.74 bits per heavy atom. The van der Waals surface area contributed by atoms with E-state index >= 15 is 0 Å². The number of nitrogen functional groups attached to an aromatic ring is 1. The minimum absolute atomic E-state index is 0.0389. The summed E-state index contributed by atoms with van der Waals surface area (Å²) in [6.45, 7) is 2.75. The molecule has 0 unspecified atom stereocenters. The minimum Gasteiger partial charge on any atom is -0.496 e. The molecule has 10 heteroatoms. The topological polar surface area (TPSA) is 129 Å². The average molecular weight is 430 g/mol. The van der Waals surface area contributed by atoms with Gasteiger partial charge in [0.05, 0.1) is 13.7 Å². The number of hydrogen-bond acceptors (Lipinski definition) is 7. The maximum atomic E-state index is 13.3. The molecule has 0 aliphatic carbocycles. The number of carbonyl (C=O) groups is 1. The summed E-state index contributed by atoms with van der Waals surface area (Å²) in [6.07, 6.45) is 2.71. The average Bonchev–Trinajstić information content (AvgIpc) is 2.78. The van der Waals surface area contributed by atoms with Gasteiger partial charge in [-0.2, -0.15) is 0 Å². The van der Waals surface area contributed by atoms with Crippen LogP contribution in [0.4, 0.5) is 11.5 Å².